The van der Waals surface area contributed by atoms with E-state index in [9.17, 15) is 0 Å². The zero-order valence-electron chi connectivity index (χ0n) is 13.4. The summed E-state index contributed by atoms with van der Waals surface area (Å²) in [4.78, 5) is 2.66. The van der Waals surface area contributed by atoms with E-state index in [4.69, 9.17) is 0 Å². The molecule has 2 nitrogen and oxygen atoms in total. The van der Waals surface area contributed by atoms with Crippen molar-refractivity contribution in [3.63, 3.8) is 0 Å². The number of hydrogen-bond acceptors (Lipinski definition) is 2. The minimum Gasteiger partial charge on any atom is -0.311 e. The van der Waals surface area contributed by atoms with E-state index in [0.717, 1.165) is 12.1 Å². The van der Waals surface area contributed by atoms with Gasteiger partial charge in [0.1, 0.15) is 0 Å². The zero-order valence-corrected chi connectivity index (χ0v) is 13.4. The second kappa shape index (κ2) is 7.08. The van der Waals surface area contributed by atoms with Crippen LogP contribution in [0.2, 0.25) is 0 Å². The molecule has 112 valence electrons. The van der Waals surface area contributed by atoms with Crippen LogP contribution < -0.4 is 5.32 Å². The van der Waals surface area contributed by atoms with Crippen LogP contribution in [0, 0.1) is 5.41 Å². The molecule has 1 saturated heterocycles. The molecule has 2 heteroatoms. The second-order valence-corrected chi connectivity index (χ2v) is 7.59. The fourth-order valence-corrected chi connectivity index (χ4v) is 3.88. The van der Waals surface area contributed by atoms with Gasteiger partial charge in [-0.15, -0.1) is 0 Å². The molecule has 2 rings (SSSR count). The SMILES string of the molecule is CCCCN1CCC(NC2CCCC(C)(C)C2)CC1. The highest BCUT2D eigenvalue weighted by molar-refractivity contribution is 4.87. The minimum absolute atomic E-state index is 0.567. The van der Waals surface area contributed by atoms with Crippen molar-refractivity contribution in [1.82, 2.24) is 10.2 Å². The highest BCUT2D eigenvalue weighted by atomic mass is 15.1. The summed E-state index contributed by atoms with van der Waals surface area (Å²) >= 11 is 0. The summed E-state index contributed by atoms with van der Waals surface area (Å²) in [6.07, 6.45) is 11.0. The maximum atomic E-state index is 3.96. The Balaban J connectivity index is 1.67. The van der Waals surface area contributed by atoms with E-state index in [-0.39, 0.29) is 0 Å². The smallest absolute Gasteiger partial charge is 0.00940 e. The van der Waals surface area contributed by atoms with Crippen molar-refractivity contribution in [1.29, 1.82) is 0 Å². The quantitative estimate of drug-likeness (QED) is 0.814. The lowest BCUT2D eigenvalue weighted by molar-refractivity contribution is 0.153. The average molecular weight is 266 g/mol. The number of hydrogen-bond donors (Lipinski definition) is 1. The molecule has 1 heterocycles. The van der Waals surface area contributed by atoms with Crippen molar-refractivity contribution in [2.75, 3.05) is 19.6 Å². The van der Waals surface area contributed by atoms with Gasteiger partial charge >= 0.3 is 0 Å². The third-order valence-electron chi connectivity index (χ3n) is 5.09. The van der Waals surface area contributed by atoms with E-state index in [1.165, 1.54) is 71.0 Å². The molecule has 2 aliphatic rings. The molecular weight excluding hydrogens is 232 g/mol. The molecule has 1 aliphatic carbocycles. The number of unbranched alkanes of at least 4 members (excludes halogenated alkanes) is 1. The first-order chi connectivity index (χ1) is 9.09. The molecule has 19 heavy (non-hydrogen) atoms. The summed E-state index contributed by atoms with van der Waals surface area (Å²) in [6.45, 7) is 11.1. The molecule has 1 aliphatic heterocycles. The molecule has 2 fully saturated rings. The number of rotatable bonds is 5. The highest BCUT2D eigenvalue weighted by Crippen LogP contribution is 2.35. The van der Waals surface area contributed by atoms with Gasteiger partial charge in [0.25, 0.3) is 0 Å². The third-order valence-corrected chi connectivity index (χ3v) is 5.09. The van der Waals surface area contributed by atoms with Crippen LogP contribution in [0.4, 0.5) is 0 Å². The number of nitrogens with zero attached hydrogens (tertiary/aromatic N) is 1. The Kier molecular flexibility index (Phi) is 5.70. The molecule has 0 aromatic heterocycles. The van der Waals surface area contributed by atoms with Gasteiger partial charge in [-0.3, -0.25) is 0 Å². The molecule has 0 aromatic carbocycles. The highest BCUT2D eigenvalue weighted by Gasteiger charge is 2.29. The van der Waals surface area contributed by atoms with E-state index in [2.05, 4.69) is 31.0 Å². The standard InChI is InChI=1S/C17H34N2/c1-4-5-11-19-12-8-15(9-13-19)18-16-7-6-10-17(2,3)14-16/h15-16,18H,4-14H2,1-3H3. The van der Waals surface area contributed by atoms with Crippen LogP contribution in [0.15, 0.2) is 0 Å². The average Bonchev–Trinajstić information content (AvgIpc) is 2.37. The third kappa shape index (κ3) is 5.07. The van der Waals surface area contributed by atoms with Gasteiger partial charge in [0.15, 0.2) is 0 Å². The van der Waals surface area contributed by atoms with Crippen molar-refractivity contribution in [2.24, 2.45) is 5.41 Å². The fourth-order valence-electron chi connectivity index (χ4n) is 3.88. The summed E-state index contributed by atoms with van der Waals surface area (Å²) in [5.41, 5.74) is 0.567. The molecule has 1 saturated carbocycles. The van der Waals surface area contributed by atoms with E-state index in [0.29, 0.717) is 5.41 Å². The summed E-state index contributed by atoms with van der Waals surface area (Å²) < 4.78 is 0. The van der Waals surface area contributed by atoms with Gasteiger partial charge in [-0.2, -0.15) is 0 Å². The van der Waals surface area contributed by atoms with Crippen molar-refractivity contribution in [3.05, 3.63) is 0 Å². The summed E-state index contributed by atoms with van der Waals surface area (Å²) in [6, 6.07) is 1.58. The first-order valence-corrected chi connectivity index (χ1v) is 8.57. The predicted molar refractivity (Wildman–Crippen MR) is 83.5 cm³/mol. The van der Waals surface area contributed by atoms with Crippen molar-refractivity contribution in [3.8, 4) is 0 Å². The fraction of sp³-hybridized carbons (Fsp3) is 1.00. The molecule has 0 bridgehead atoms. The second-order valence-electron chi connectivity index (χ2n) is 7.59. The van der Waals surface area contributed by atoms with Crippen LogP contribution in [0.3, 0.4) is 0 Å². The van der Waals surface area contributed by atoms with Crippen LogP contribution in [0.25, 0.3) is 0 Å². The van der Waals surface area contributed by atoms with Gasteiger partial charge in [-0.1, -0.05) is 33.6 Å². The van der Waals surface area contributed by atoms with Crippen molar-refractivity contribution < 1.29 is 0 Å². The van der Waals surface area contributed by atoms with Crippen LogP contribution in [0.5, 0.6) is 0 Å². The number of nitrogens with one attached hydrogen (secondary N) is 1. The Morgan fingerprint density at radius 3 is 2.47 bits per heavy atom. The monoisotopic (exact) mass is 266 g/mol. The molecule has 0 amide bonds. The zero-order chi connectivity index (χ0) is 13.7. The van der Waals surface area contributed by atoms with Gasteiger partial charge in [0, 0.05) is 12.1 Å². The summed E-state index contributed by atoms with van der Waals surface area (Å²) in [7, 11) is 0. The van der Waals surface area contributed by atoms with E-state index in [1.807, 2.05) is 0 Å². The van der Waals surface area contributed by atoms with Crippen LogP contribution >= 0.6 is 0 Å². The Morgan fingerprint density at radius 1 is 1.11 bits per heavy atom. The Labute approximate surface area is 120 Å². The van der Waals surface area contributed by atoms with Gasteiger partial charge in [0.05, 0.1) is 0 Å². The molecular formula is C17H34N2. The Hall–Kier alpha value is -0.0800. The minimum atomic E-state index is 0.567. The summed E-state index contributed by atoms with van der Waals surface area (Å²) in [5, 5.41) is 3.96. The van der Waals surface area contributed by atoms with E-state index in [1.54, 1.807) is 0 Å². The lowest BCUT2D eigenvalue weighted by Gasteiger charge is -2.40. The lowest BCUT2D eigenvalue weighted by atomic mass is 9.75. The maximum Gasteiger partial charge on any atom is 0.00940 e. The molecule has 0 spiro atoms. The number of likely N-dealkylation sites (tertiary alicyclic amines) is 1. The first kappa shape index (κ1) is 15.3. The topological polar surface area (TPSA) is 15.3 Å². The van der Waals surface area contributed by atoms with Crippen molar-refractivity contribution >= 4 is 0 Å². The molecule has 1 atom stereocenters. The lowest BCUT2D eigenvalue weighted by Crippen LogP contribution is -2.48. The van der Waals surface area contributed by atoms with E-state index >= 15 is 0 Å². The Bertz CT molecular complexity index is 254. The van der Waals surface area contributed by atoms with Crippen LogP contribution in [0.1, 0.15) is 72.1 Å². The molecule has 1 N–H and O–H groups in total. The normalized spacial score (nSPS) is 29.5. The largest absolute Gasteiger partial charge is 0.311 e. The van der Waals surface area contributed by atoms with Crippen molar-refractivity contribution in [2.45, 2.75) is 84.2 Å². The maximum absolute atomic E-state index is 3.96. The molecule has 1 unspecified atom stereocenters. The number of piperidine rings is 1. The predicted octanol–water partition coefficient (Wildman–Crippen LogP) is 3.81. The van der Waals surface area contributed by atoms with Gasteiger partial charge < -0.3 is 10.2 Å². The summed E-state index contributed by atoms with van der Waals surface area (Å²) in [5.74, 6) is 0. The van der Waals surface area contributed by atoms with Crippen LogP contribution in [-0.2, 0) is 0 Å². The molecule has 0 radical (unpaired) electrons. The van der Waals surface area contributed by atoms with E-state index < -0.39 is 0 Å². The first-order valence-electron chi connectivity index (χ1n) is 8.57. The Morgan fingerprint density at radius 2 is 1.84 bits per heavy atom. The van der Waals surface area contributed by atoms with Crippen LogP contribution in [-0.4, -0.2) is 36.6 Å². The van der Waals surface area contributed by atoms with Gasteiger partial charge in [-0.05, 0) is 63.6 Å². The molecule has 0 aromatic rings. The van der Waals surface area contributed by atoms with Gasteiger partial charge in [-0.25, -0.2) is 0 Å². The van der Waals surface area contributed by atoms with Gasteiger partial charge in [0.2, 0.25) is 0 Å².